The molecule has 0 saturated heterocycles. The van der Waals surface area contributed by atoms with Gasteiger partial charge < -0.3 is 5.32 Å². The molecule has 1 aliphatic carbocycles. The van der Waals surface area contributed by atoms with Gasteiger partial charge in [0.2, 0.25) is 0 Å². The minimum atomic E-state index is 0.173. The first-order valence-corrected chi connectivity index (χ1v) is 8.86. The molecule has 0 saturated carbocycles. The standard InChI is InChI=1S/C19H16Cl3N/c1-10-7-12(21)8-16-13-3-2-4-14(13)19(23-18(10)16)15-6-5-11(20)9-17(15)22/h2-3,5-9,13-14,19,23H,4H2,1H3/t13-,14-,19+/m1/s1. The number of nitrogens with one attached hydrogen (secondary N) is 1. The van der Waals surface area contributed by atoms with E-state index in [1.165, 1.54) is 16.8 Å². The van der Waals surface area contributed by atoms with Crippen LogP contribution in [-0.2, 0) is 0 Å². The van der Waals surface area contributed by atoms with Crippen molar-refractivity contribution in [2.45, 2.75) is 25.3 Å². The number of anilines is 1. The quantitative estimate of drug-likeness (QED) is 0.550. The van der Waals surface area contributed by atoms with Crippen molar-refractivity contribution in [3.63, 3.8) is 0 Å². The summed E-state index contributed by atoms with van der Waals surface area (Å²) in [6.45, 7) is 2.09. The van der Waals surface area contributed by atoms with Gasteiger partial charge in [0.15, 0.2) is 0 Å². The molecule has 2 aromatic carbocycles. The molecule has 0 fully saturated rings. The second-order valence-electron chi connectivity index (χ2n) is 6.33. The second-order valence-corrected chi connectivity index (χ2v) is 7.61. The Morgan fingerprint density at radius 1 is 1.00 bits per heavy atom. The van der Waals surface area contributed by atoms with Gasteiger partial charge in [0, 0.05) is 26.7 Å². The lowest BCUT2D eigenvalue weighted by Gasteiger charge is -2.38. The first-order valence-electron chi connectivity index (χ1n) is 7.73. The van der Waals surface area contributed by atoms with Crippen molar-refractivity contribution in [1.29, 1.82) is 0 Å². The summed E-state index contributed by atoms with van der Waals surface area (Å²) < 4.78 is 0. The van der Waals surface area contributed by atoms with Gasteiger partial charge in [-0.1, -0.05) is 53.0 Å². The lowest BCUT2D eigenvalue weighted by Crippen LogP contribution is -2.29. The summed E-state index contributed by atoms with van der Waals surface area (Å²) in [5.41, 5.74) is 4.74. The second kappa shape index (κ2) is 5.73. The van der Waals surface area contributed by atoms with Crippen LogP contribution in [0.1, 0.15) is 35.1 Å². The predicted molar refractivity (Wildman–Crippen MR) is 99.0 cm³/mol. The van der Waals surface area contributed by atoms with Crippen molar-refractivity contribution < 1.29 is 0 Å². The first kappa shape index (κ1) is 15.4. The molecule has 118 valence electrons. The van der Waals surface area contributed by atoms with E-state index in [-0.39, 0.29) is 6.04 Å². The van der Waals surface area contributed by atoms with Gasteiger partial charge >= 0.3 is 0 Å². The molecule has 1 heterocycles. The van der Waals surface area contributed by atoms with Crippen LogP contribution in [0, 0.1) is 12.8 Å². The van der Waals surface area contributed by atoms with Crippen LogP contribution in [0.5, 0.6) is 0 Å². The molecular formula is C19H16Cl3N. The van der Waals surface area contributed by atoms with Crippen molar-refractivity contribution in [2.75, 3.05) is 5.32 Å². The zero-order valence-electron chi connectivity index (χ0n) is 12.6. The van der Waals surface area contributed by atoms with Gasteiger partial charge in [0.05, 0.1) is 6.04 Å². The Hall–Kier alpha value is -1.15. The Morgan fingerprint density at radius 2 is 1.83 bits per heavy atom. The van der Waals surface area contributed by atoms with Gasteiger partial charge in [0.25, 0.3) is 0 Å². The number of hydrogen-bond acceptors (Lipinski definition) is 1. The maximum atomic E-state index is 6.48. The molecule has 2 aromatic rings. The average molecular weight is 365 g/mol. The molecule has 0 aromatic heterocycles. The number of aryl methyl sites for hydroxylation is 1. The van der Waals surface area contributed by atoms with Gasteiger partial charge in [-0.05, 0) is 60.2 Å². The average Bonchev–Trinajstić information content (AvgIpc) is 2.97. The Morgan fingerprint density at radius 3 is 2.61 bits per heavy atom. The fourth-order valence-electron chi connectivity index (χ4n) is 3.90. The summed E-state index contributed by atoms with van der Waals surface area (Å²) in [6.07, 6.45) is 5.60. The van der Waals surface area contributed by atoms with E-state index in [0.717, 1.165) is 22.0 Å². The first-order chi connectivity index (χ1) is 11.0. The van der Waals surface area contributed by atoms with Gasteiger partial charge in [-0.3, -0.25) is 0 Å². The van der Waals surface area contributed by atoms with Crippen molar-refractivity contribution in [2.24, 2.45) is 5.92 Å². The fraction of sp³-hybridized carbons (Fsp3) is 0.263. The highest BCUT2D eigenvalue weighted by Gasteiger charge is 2.39. The molecule has 1 aliphatic heterocycles. The Labute approximate surface area is 151 Å². The molecule has 4 heteroatoms. The lowest BCUT2D eigenvalue weighted by molar-refractivity contribution is 0.425. The van der Waals surface area contributed by atoms with Crippen molar-refractivity contribution in [3.05, 3.63) is 74.2 Å². The van der Waals surface area contributed by atoms with Crippen LogP contribution in [-0.4, -0.2) is 0 Å². The van der Waals surface area contributed by atoms with Crippen molar-refractivity contribution >= 4 is 40.5 Å². The van der Waals surface area contributed by atoms with E-state index in [1.54, 1.807) is 0 Å². The zero-order valence-corrected chi connectivity index (χ0v) is 14.9. The normalized spacial score (nSPS) is 25.0. The molecule has 0 radical (unpaired) electrons. The maximum absolute atomic E-state index is 6.48. The number of fused-ring (bicyclic) bond motifs is 3. The Bertz CT molecular complexity index is 813. The maximum Gasteiger partial charge on any atom is 0.0568 e. The fourth-order valence-corrected chi connectivity index (χ4v) is 4.71. The van der Waals surface area contributed by atoms with Crippen LogP contribution in [0.3, 0.4) is 0 Å². The smallest absolute Gasteiger partial charge is 0.0568 e. The van der Waals surface area contributed by atoms with Crippen LogP contribution in [0.2, 0.25) is 15.1 Å². The summed E-state index contributed by atoms with van der Waals surface area (Å²) in [7, 11) is 0. The Kier molecular flexibility index (Phi) is 3.84. The number of benzene rings is 2. The van der Waals surface area contributed by atoms with E-state index in [2.05, 4.69) is 30.5 Å². The molecule has 3 atom stereocenters. The monoisotopic (exact) mass is 363 g/mol. The van der Waals surface area contributed by atoms with Crippen LogP contribution >= 0.6 is 34.8 Å². The molecule has 0 amide bonds. The van der Waals surface area contributed by atoms with E-state index >= 15 is 0 Å². The number of halogens is 3. The van der Waals surface area contributed by atoms with Crippen LogP contribution < -0.4 is 5.32 Å². The molecule has 0 bridgehead atoms. The Balaban J connectivity index is 1.84. The molecule has 0 spiro atoms. The van der Waals surface area contributed by atoms with E-state index in [4.69, 9.17) is 34.8 Å². The zero-order chi connectivity index (χ0) is 16.1. The number of hydrogen-bond donors (Lipinski definition) is 1. The molecular weight excluding hydrogens is 349 g/mol. The van der Waals surface area contributed by atoms with Crippen LogP contribution in [0.15, 0.2) is 42.5 Å². The third-order valence-corrected chi connectivity index (χ3v) is 5.71. The van der Waals surface area contributed by atoms with E-state index < -0.39 is 0 Å². The van der Waals surface area contributed by atoms with Gasteiger partial charge in [0.1, 0.15) is 0 Å². The van der Waals surface area contributed by atoms with Gasteiger partial charge in [-0.2, -0.15) is 0 Å². The summed E-state index contributed by atoms with van der Waals surface area (Å²) in [4.78, 5) is 0. The summed E-state index contributed by atoms with van der Waals surface area (Å²) in [6, 6.07) is 10.0. The minimum Gasteiger partial charge on any atom is -0.377 e. The molecule has 1 nitrogen and oxygen atoms in total. The van der Waals surface area contributed by atoms with Crippen molar-refractivity contribution in [3.8, 4) is 0 Å². The van der Waals surface area contributed by atoms with Gasteiger partial charge in [-0.15, -0.1) is 0 Å². The SMILES string of the molecule is Cc1cc(Cl)cc2c1N[C@H](c1ccc(Cl)cc1Cl)[C@@H]1CC=C[C@@H]21. The molecule has 23 heavy (non-hydrogen) atoms. The van der Waals surface area contributed by atoms with E-state index in [9.17, 15) is 0 Å². The topological polar surface area (TPSA) is 12.0 Å². The largest absolute Gasteiger partial charge is 0.377 e. The van der Waals surface area contributed by atoms with Crippen LogP contribution in [0.25, 0.3) is 0 Å². The summed E-state index contributed by atoms with van der Waals surface area (Å²) in [5, 5.41) is 5.89. The lowest BCUT2D eigenvalue weighted by atomic mass is 9.76. The minimum absolute atomic E-state index is 0.173. The third kappa shape index (κ3) is 2.55. The summed E-state index contributed by atoms with van der Waals surface area (Å²) in [5.74, 6) is 0.819. The van der Waals surface area contributed by atoms with Crippen molar-refractivity contribution in [1.82, 2.24) is 0 Å². The predicted octanol–water partition coefficient (Wildman–Crippen LogP) is 6.78. The third-order valence-electron chi connectivity index (χ3n) is 4.93. The molecule has 0 unspecified atom stereocenters. The number of allylic oxidation sites excluding steroid dienone is 2. The van der Waals surface area contributed by atoms with E-state index in [1.807, 2.05) is 24.3 Å². The summed E-state index contributed by atoms with van der Waals surface area (Å²) >= 11 is 18.8. The highest BCUT2D eigenvalue weighted by molar-refractivity contribution is 6.35. The highest BCUT2D eigenvalue weighted by atomic mass is 35.5. The van der Waals surface area contributed by atoms with Crippen LogP contribution in [0.4, 0.5) is 5.69 Å². The molecule has 1 N–H and O–H groups in total. The molecule has 2 aliphatic rings. The molecule has 4 rings (SSSR count). The van der Waals surface area contributed by atoms with E-state index in [0.29, 0.717) is 16.9 Å². The van der Waals surface area contributed by atoms with Gasteiger partial charge in [-0.25, -0.2) is 0 Å². The highest BCUT2D eigenvalue weighted by Crippen LogP contribution is 2.52. The number of rotatable bonds is 1.